The van der Waals surface area contributed by atoms with E-state index in [1.54, 1.807) is 0 Å². The van der Waals surface area contributed by atoms with Gasteiger partial charge in [0.25, 0.3) is 0 Å². The largest absolute Gasteiger partial charge is 0.416 e. The molecule has 2 aromatic rings. The number of alkyl halides is 3. The zero-order valence-electron chi connectivity index (χ0n) is 10.5. The third-order valence-electron chi connectivity index (χ3n) is 3.30. The molecule has 0 radical (unpaired) electrons. The first-order valence-corrected chi connectivity index (χ1v) is 5.88. The summed E-state index contributed by atoms with van der Waals surface area (Å²) in [6, 6.07) is 3.70. The van der Waals surface area contributed by atoms with Crippen LogP contribution in [0.4, 0.5) is 13.2 Å². The van der Waals surface area contributed by atoms with Gasteiger partial charge in [-0.3, -0.25) is 0 Å². The molecule has 0 aliphatic rings. The molecule has 0 bridgehead atoms. The summed E-state index contributed by atoms with van der Waals surface area (Å²) >= 11 is 0. The normalized spacial score (nSPS) is 14.1. The van der Waals surface area contributed by atoms with Gasteiger partial charge in [-0.05, 0) is 24.6 Å². The third-order valence-corrected chi connectivity index (χ3v) is 3.30. The van der Waals surface area contributed by atoms with Crippen LogP contribution in [-0.4, -0.2) is 9.55 Å². The van der Waals surface area contributed by atoms with E-state index in [1.165, 1.54) is 6.07 Å². The highest BCUT2D eigenvalue weighted by atomic mass is 19.4. The van der Waals surface area contributed by atoms with Crippen LogP contribution in [0.3, 0.4) is 0 Å². The van der Waals surface area contributed by atoms with E-state index >= 15 is 0 Å². The van der Waals surface area contributed by atoms with E-state index in [1.807, 2.05) is 25.5 Å². The molecule has 1 atom stereocenters. The first-order valence-electron chi connectivity index (χ1n) is 5.88. The Labute approximate surface area is 103 Å². The van der Waals surface area contributed by atoms with Crippen molar-refractivity contribution in [3.05, 3.63) is 29.6 Å². The van der Waals surface area contributed by atoms with Crippen molar-refractivity contribution < 1.29 is 13.2 Å². The first kappa shape index (κ1) is 12.9. The number of benzene rings is 1. The van der Waals surface area contributed by atoms with Gasteiger partial charge in [0.05, 0.1) is 16.6 Å². The van der Waals surface area contributed by atoms with Crippen molar-refractivity contribution in [3.63, 3.8) is 0 Å². The third kappa shape index (κ3) is 2.09. The minimum absolute atomic E-state index is 0.233. The maximum absolute atomic E-state index is 12.6. The summed E-state index contributed by atoms with van der Waals surface area (Å²) in [6.07, 6.45) is -3.41. The predicted octanol–water partition coefficient (Wildman–Crippen LogP) is 4.11. The molecule has 0 spiro atoms. The smallest absolute Gasteiger partial charge is 0.331 e. The molecule has 0 amide bonds. The molecule has 0 saturated heterocycles. The summed E-state index contributed by atoms with van der Waals surface area (Å²) in [5, 5.41) is 0. The predicted molar refractivity (Wildman–Crippen MR) is 64.4 cm³/mol. The van der Waals surface area contributed by atoms with Gasteiger partial charge in [-0.1, -0.05) is 13.8 Å². The zero-order valence-corrected chi connectivity index (χ0v) is 10.5. The number of rotatable bonds is 2. The molecule has 0 unspecified atom stereocenters. The highest BCUT2D eigenvalue weighted by molar-refractivity contribution is 5.77. The van der Waals surface area contributed by atoms with Crippen molar-refractivity contribution in [1.29, 1.82) is 0 Å². The molecule has 2 nitrogen and oxygen atoms in total. The van der Waals surface area contributed by atoms with Crippen LogP contribution in [0.25, 0.3) is 11.0 Å². The Morgan fingerprint density at radius 1 is 1.33 bits per heavy atom. The number of imidazole rings is 1. The zero-order chi connectivity index (χ0) is 13.5. The molecule has 0 N–H and O–H groups in total. The molecular formula is C13H15F3N2. The lowest BCUT2D eigenvalue weighted by Gasteiger charge is -2.08. The minimum atomic E-state index is -4.32. The van der Waals surface area contributed by atoms with Crippen molar-refractivity contribution in [1.82, 2.24) is 9.55 Å². The van der Waals surface area contributed by atoms with E-state index in [4.69, 9.17) is 0 Å². The van der Waals surface area contributed by atoms with E-state index in [2.05, 4.69) is 4.98 Å². The van der Waals surface area contributed by atoms with Crippen LogP contribution < -0.4 is 0 Å². The van der Waals surface area contributed by atoms with Gasteiger partial charge in [0.2, 0.25) is 0 Å². The quantitative estimate of drug-likeness (QED) is 0.790. The lowest BCUT2D eigenvalue weighted by molar-refractivity contribution is -0.137. The second kappa shape index (κ2) is 4.30. The van der Waals surface area contributed by atoms with Crippen LogP contribution in [0.2, 0.25) is 0 Å². The summed E-state index contributed by atoms with van der Waals surface area (Å²) in [5.74, 6) is 1.06. The van der Waals surface area contributed by atoms with Crippen molar-refractivity contribution >= 4 is 11.0 Å². The molecule has 18 heavy (non-hydrogen) atoms. The summed E-state index contributed by atoms with van der Waals surface area (Å²) in [4.78, 5) is 4.32. The van der Waals surface area contributed by atoms with Crippen molar-refractivity contribution in [2.45, 2.75) is 32.4 Å². The van der Waals surface area contributed by atoms with Gasteiger partial charge in [-0.2, -0.15) is 13.2 Å². The number of hydrogen-bond acceptors (Lipinski definition) is 1. The van der Waals surface area contributed by atoms with E-state index in [0.717, 1.165) is 29.9 Å². The van der Waals surface area contributed by atoms with Gasteiger partial charge in [0.15, 0.2) is 0 Å². The topological polar surface area (TPSA) is 17.8 Å². The number of aryl methyl sites for hydroxylation is 1. The maximum atomic E-state index is 12.6. The number of hydrogen-bond donors (Lipinski definition) is 0. The van der Waals surface area contributed by atoms with E-state index in [9.17, 15) is 13.2 Å². The first-order chi connectivity index (χ1) is 8.34. The Morgan fingerprint density at radius 2 is 2.00 bits per heavy atom. The van der Waals surface area contributed by atoms with Crippen molar-refractivity contribution in [2.24, 2.45) is 7.05 Å². The summed E-state index contributed by atoms with van der Waals surface area (Å²) < 4.78 is 39.7. The van der Waals surface area contributed by atoms with Gasteiger partial charge in [-0.25, -0.2) is 4.98 Å². The SMILES string of the molecule is CC[C@H](C)c1nc2cc(C(F)(F)F)ccc2n1C. The lowest BCUT2D eigenvalue weighted by atomic mass is 10.1. The molecule has 0 saturated carbocycles. The minimum Gasteiger partial charge on any atom is -0.331 e. The molecule has 0 fully saturated rings. The van der Waals surface area contributed by atoms with Crippen LogP contribution in [0.15, 0.2) is 18.2 Å². The Morgan fingerprint density at radius 3 is 2.56 bits per heavy atom. The van der Waals surface area contributed by atoms with Crippen LogP contribution >= 0.6 is 0 Å². The number of aromatic nitrogens is 2. The van der Waals surface area contributed by atoms with Gasteiger partial charge < -0.3 is 4.57 Å². The average Bonchev–Trinajstić information content (AvgIpc) is 2.64. The highest BCUT2D eigenvalue weighted by Gasteiger charge is 2.31. The molecule has 0 aliphatic heterocycles. The van der Waals surface area contributed by atoms with Gasteiger partial charge >= 0.3 is 6.18 Å². The second-order valence-corrected chi connectivity index (χ2v) is 4.54. The Hall–Kier alpha value is -1.52. The number of fused-ring (bicyclic) bond motifs is 1. The highest BCUT2D eigenvalue weighted by Crippen LogP contribution is 2.32. The van der Waals surface area contributed by atoms with E-state index < -0.39 is 11.7 Å². The number of nitrogens with zero attached hydrogens (tertiary/aromatic N) is 2. The van der Waals surface area contributed by atoms with Crippen LogP contribution in [0, 0.1) is 0 Å². The fraction of sp³-hybridized carbons (Fsp3) is 0.462. The summed E-state index contributed by atoms with van der Waals surface area (Å²) in [5.41, 5.74) is 0.490. The Bertz CT molecular complexity index is 569. The van der Waals surface area contributed by atoms with Gasteiger partial charge in [0.1, 0.15) is 5.82 Å². The van der Waals surface area contributed by atoms with E-state index in [-0.39, 0.29) is 5.92 Å². The molecule has 1 aromatic heterocycles. The standard InChI is InChI=1S/C13H15F3N2/c1-4-8(2)12-17-10-7-9(13(14,15)16)5-6-11(10)18(12)3/h5-8H,4H2,1-3H3/t8-/m0/s1. The van der Waals surface area contributed by atoms with E-state index in [0.29, 0.717) is 5.52 Å². The van der Waals surface area contributed by atoms with Gasteiger partial charge in [0, 0.05) is 13.0 Å². The Balaban J connectivity index is 2.59. The molecule has 1 aromatic carbocycles. The second-order valence-electron chi connectivity index (χ2n) is 4.54. The fourth-order valence-electron chi connectivity index (χ4n) is 2.02. The lowest BCUT2D eigenvalue weighted by Crippen LogP contribution is -2.04. The monoisotopic (exact) mass is 256 g/mol. The molecule has 98 valence electrons. The van der Waals surface area contributed by atoms with Crippen LogP contribution in [0.5, 0.6) is 0 Å². The molecule has 5 heteroatoms. The fourth-order valence-corrected chi connectivity index (χ4v) is 2.02. The summed E-state index contributed by atoms with van der Waals surface area (Å²) in [6.45, 7) is 4.05. The van der Waals surface area contributed by atoms with Crippen LogP contribution in [0.1, 0.15) is 37.6 Å². The average molecular weight is 256 g/mol. The molecule has 1 heterocycles. The molecule has 2 rings (SSSR count). The molecular weight excluding hydrogens is 241 g/mol. The van der Waals surface area contributed by atoms with Crippen LogP contribution in [-0.2, 0) is 13.2 Å². The number of halogens is 3. The maximum Gasteiger partial charge on any atom is 0.416 e. The summed E-state index contributed by atoms with van der Waals surface area (Å²) in [7, 11) is 1.84. The Kier molecular flexibility index (Phi) is 3.09. The van der Waals surface area contributed by atoms with Crippen molar-refractivity contribution in [3.8, 4) is 0 Å². The molecule has 0 aliphatic carbocycles. The van der Waals surface area contributed by atoms with Gasteiger partial charge in [-0.15, -0.1) is 0 Å². The van der Waals surface area contributed by atoms with Crippen molar-refractivity contribution in [2.75, 3.05) is 0 Å².